The normalized spacial score (nSPS) is 13.5. The highest BCUT2D eigenvalue weighted by molar-refractivity contribution is 5.45. The van der Waals surface area contributed by atoms with Gasteiger partial charge in [0, 0.05) is 0 Å². The highest BCUT2D eigenvalue weighted by atomic mass is 19.4. The van der Waals surface area contributed by atoms with E-state index >= 15 is 0 Å². The Morgan fingerprint density at radius 2 is 2.10 bits per heavy atom. The van der Waals surface area contributed by atoms with Crippen molar-refractivity contribution in [1.82, 2.24) is 9.55 Å². The quantitative estimate of drug-likeness (QED) is 0.908. The van der Waals surface area contributed by atoms with Crippen molar-refractivity contribution >= 4 is 0 Å². The molecule has 2 rings (SSSR count). The third-order valence-electron chi connectivity index (χ3n) is 3.04. The fraction of sp³-hybridized carbons (Fsp3) is 0.308. The molecule has 2 aromatic rings. The van der Waals surface area contributed by atoms with Crippen molar-refractivity contribution in [2.24, 2.45) is 5.73 Å². The molecule has 1 atom stereocenters. The lowest BCUT2D eigenvalue weighted by molar-refractivity contribution is -0.137. The number of aryl methyl sites for hydroxylation is 1. The maximum atomic E-state index is 12.8. The highest BCUT2D eigenvalue weighted by Gasteiger charge is 2.31. The molecule has 0 aliphatic heterocycles. The Kier molecular flexibility index (Phi) is 3.82. The fourth-order valence-corrected chi connectivity index (χ4v) is 1.92. The van der Waals surface area contributed by atoms with Crippen LogP contribution in [0.4, 0.5) is 13.2 Å². The van der Waals surface area contributed by atoms with Crippen LogP contribution in [0.3, 0.4) is 0 Å². The molecule has 0 bridgehead atoms. The number of aliphatic hydroxyl groups excluding tert-OH is 1. The second kappa shape index (κ2) is 5.26. The molecule has 1 unspecified atom stereocenters. The van der Waals surface area contributed by atoms with E-state index in [1.54, 1.807) is 6.92 Å². The van der Waals surface area contributed by atoms with E-state index in [0.717, 1.165) is 12.1 Å². The van der Waals surface area contributed by atoms with Crippen molar-refractivity contribution in [1.29, 1.82) is 0 Å². The van der Waals surface area contributed by atoms with Crippen molar-refractivity contribution in [3.05, 3.63) is 47.5 Å². The SMILES string of the molecule is Cc1ccc(C(F)(F)F)cc1-n1cncc1C(N)CO. The molecule has 1 aromatic carbocycles. The molecule has 0 aliphatic rings. The summed E-state index contributed by atoms with van der Waals surface area (Å²) < 4.78 is 39.8. The van der Waals surface area contributed by atoms with E-state index in [9.17, 15) is 13.2 Å². The summed E-state index contributed by atoms with van der Waals surface area (Å²) in [5.74, 6) is 0. The third kappa shape index (κ3) is 2.68. The van der Waals surface area contributed by atoms with Crippen LogP contribution in [0.15, 0.2) is 30.7 Å². The van der Waals surface area contributed by atoms with Crippen LogP contribution >= 0.6 is 0 Å². The zero-order chi connectivity index (χ0) is 14.9. The Balaban J connectivity index is 2.55. The van der Waals surface area contributed by atoms with Gasteiger partial charge < -0.3 is 15.4 Å². The lowest BCUT2D eigenvalue weighted by Gasteiger charge is -2.16. The number of hydrogen-bond acceptors (Lipinski definition) is 3. The number of aromatic nitrogens is 2. The fourth-order valence-electron chi connectivity index (χ4n) is 1.92. The summed E-state index contributed by atoms with van der Waals surface area (Å²) in [7, 11) is 0. The number of imidazole rings is 1. The highest BCUT2D eigenvalue weighted by Crippen LogP contribution is 2.32. The molecule has 1 aromatic heterocycles. The predicted molar refractivity (Wildman–Crippen MR) is 67.3 cm³/mol. The Morgan fingerprint density at radius 1 is 1.40 bits per heavy atom. The smallest absolute Gasteiger partial charge is 0.394 e. The van der Waals surface area contributed by atoms with Gasteiger partial charge in [-0.2, -0.15) is 13.2 Å². The van der Waals surface area contributed by atoms with Crippen molar-refractivity contribution in [2.75, 3.05) is 6.61 Å². The molecular formula is C13H14F3N3O. The Bertz CT molecular complexity index is 607. The maximum absolute atomic E-state index is 12.8. The number of benzene rings is 1. The van der Waals surface area contributed by atoms with Crippen LogP contribution in [-0.4, -0.2) is 21.3 Å². The van der Waals surface area contributed by atoms with E-state index in [0.29, 0.717) is 16.9 Å². The summed E-state index contributed by atoms with van der Waals surface area (Å²) in [6, 6.07) is 2.77. The van der Waals surface area contributed by atoms with E-state index in [2.05, 4.69) is 4.98 Å². The molecule has 0 aliphatic carbocycles. The summed E-state index contributed by atoms with van der Waals surface area (Å²) >= 11 is 0. The standard InChI is InChI=1S/C13H14F3N3O/c1-8-2-3-9(13(14,15)16)4-11(8)19-7-18-5-12(19)10(17)6-20/h2-5,7,10,20H,6,17H2,1H3. The number of nitrogens with zero attached hydrogens (tertiary/aromatic N) is 2. The topological polar surface area (TPSA) is 64.1 Å². The van der Waals surface area contributed by atoms with Crippen molar-refractivity contribution < 1.29 is 18.3 Å². The Morgan fingerprint density at radius 3 is 2.70 bits per heavy atom. The molecule has 0 amide bonds. The molecular weight excluding hydrogens is 271 g/mol. The van der Waals surface area contributed by atoms with Gasteiger partial charge in [-0.1, -0.05) is 6.07 Å². The van der Waals surface area contributed by atoms with E-state index in [4.69, 9.17) is 10.8 Å². The summed E-state index contributed by atoms with van der Waals surface area (Å²) in [6.07, 6.45) is -1.60. The summed E-state index contributed by atoms with van der Waals surface area (Å²) in [5, 5.41) is 9.08. The van der Waals surface area contributed by atoms with Gasteiger partial charge in [0.05, 0.1) is 42.1 Å². The molecule has 108 valence electrons. The summed E-state index contributed by atoms with van der Waals surface area (Å²) in [4.78, 5) is 3.89. The zero-order valence-corrected chi connectivity index (χ0v) is 10.7. The van der Waals surface area contributed by atoms with E-state index in [1.165, 1.54) is 23.2 Å². The van der Waals surface area contributed by atoms with Crippen molar-refractivity contribution in [3.63, 3.8) is 0 Å². The predicted octanol–water partition coefficient (Wildman–Crippen LogP) is 2.19. The second-order valence-electron chi connectivity index (χ2n) is 4.48. The van der Waals surface area contributed by atoms with Gasteiger partial charge in [-0.05, 0) is 24.6 Å². The monoisotopic (exact) mass is 285 g/mol. The van der Waals surface area contributed by atoms with Crippen LogP contribution in [0.2, 0.25) is 0 Å². The number of hydrogen-bond donors (Lipinski definition) is 2. The molecule has 4 nitrogen and oxygen atoms in total. The number of rotatable bonds is 3. The number of aliphatic hydroxyl groups is 1. The first-order chi connectivity index (χ1) is 9.34. The average molecular weight is 285 g/mol. The first-order valence-corrected chi connectivity index (χ1v) is 5.91. The first kappa shape index (κ1) is 14.5. The van der Waals surface area contributed by atoms with Gasteiger partial charge in [-0.25, -0.2) is 4.98 Å². The Hall–Kier alpha value is -1.86. The molecule has 3 N–H and O–H groups in total. The van der Waals surface area contributed by atoms with Gasteiger partial charge in [0.2, 0.25) is 0 Å². The van der Waals surface area contributed by atoms with Crippen molar-refractivity contribution in [3.8, 4) is 5.69 Å². The second-order valence-corrected chi connectivity index (χ2v) is 4.48. The van der Waals surface area contributed by atoms with E-state index in [-0.39, 0.29) is 6.61 Å². The average Bonchev–Trinajstić information content (AvgIpc) is 2.86. The van der Waals surface area contributed by atoms with Crippen LogP contribution < -0.4 is 5.73 Å². The van der Waals surface area contributed by atoms with Gasteiger partial charge in [-0.3, -0.25) is 0 Å². The van der Waals surface area contributed by atoms with Gasteiger partial charge >= 0.3 is 6.18 Å². The van der Waals surface area contributed by atoms with Gasteiger partial charge in [0.1, 0.15) is 0 Å². The minimum Gasteiger partial charge on any atom is -0.394 e. The summed E-state index contributed by atoms with van der Waals surface area (Å²) in [6.45, 7) is 1.38. The van der Waals surface area contributed by atoms with Crippen LogP contribution in [-0.2, 0) is 6.18 Å². The van der Waals surface area contributed by atoms with Gasteiger partial charge in [0.25, 0.3) is 0 Å². The molecule has 0 saturated heterocycles. The maximum Gasteiger partial charge on any atom is 0.416 e. The number of alkyl halides is 3. The van der Waals surface area contributed by atoms with E-state index in [1.807, 2.05) is 0 Å². The summed E-state index contributed by atoms with van der Waals surface area (Å²) in [5.41, 5.74) is 6.43. The minimum absolute atomic E-state index is 0.316. The van der Waals surface area contributed by atoms with Gasteiger partial charge in [0.15, 0.2) is 0 Å². The first-order valence-electron chi connectivity index (χ1n) is 5.91. The van der Waals surface area contributed by atoms with E-state index < -0.39 is 17.8 Å². The molecule has 0 saturated carbocycles. The number of nitrogens with two attached hydrogens (primary N) is 1. The van der Waals surface area contributed by atoms with Crippen molar-refractivity contribution in [2.45, 2.75) is 19.1 Å². The molecule has 20 heavy (non-hydrogen) atoms. The van der Waals surface area contributed by atoms with Crippen LogP contribution in [0, 0.1) is 6.92 Å². The lowest BCUT2D eigenvalue weighted by Crippen LogP contribution is -2.18. The molecule has 0 spiro atoms. The van der Waals surface area contributed by atoms with Gasteiger partial charge in [-0.15, -0.1) is 0 Å². The molecule has 1 heterocycles. The van der Waals surface area contributed by atoms with Crippen LogP contribution in [0.25, 0.3) is 5.69 Å². The Labute approximate surface area is 113 Å². The number of halogens is 3. The minimum atomic E-state index is -4.41. The molecule has 0 radical (unpaired) electrons. The van der Waals surface area contributed by atoms with Crippen LogP contribution in [0.5, 0.6) is 0 Å². The lowest BCUT2D eigenvalue weighted by atomic mass is 10.1. The third-order valence-corrected chi connectivity index (χ3v) is 3.04. The zero-order valence-electron chi connectivity index (χ0n) is 10.7. The van der Waals surface area contributed by atoms with Crippen LogP contribution in [0.1, 0.15) is 22.9 Å². The largest absolute Gasteiger partial charge is 0.416 e. The molecule has 0 fully saturated rings. The molecule has 7 heteroatoms.